The van der Waals surface area contributed by atoms with Crippen LogP contribution in [0.25, 0.3) is 0 Å². The summed E-state index contributed by atoms with van der Waals surface area (Å²) < 4.78 is 19.2. The number of carbonyl (C=O) groups excluding carboxylic acids is 1. The van der Waals surface area contributed by atoms with Crippen molar-refractivity contribution >= 4 is 17.5 Å². The molecule has 0 spiro atoms. The van der Waals surface area contributed by atoms with Crippen molar-refractivity contribution in [1.29, 1.82) is 0 Å². The van der Waals surface area contributed by atoms with Crippen LogP contribution < -0.4 is 5.32 Å². The molecule has 1 amide bonds. The Morgan fingerprint density at radius 1 is 1.33 bits per heavy atom. The van der Waals surface area contributed by atoms with Crippen molar-refractivity contribution in [3.05, 3.63) is 58.4 Å². The molecule has 1 aromatic carbocycles. The monoisotopic (exact) mass is 392 g/mol. The number of rotatable bonds is 5. The largest absolute Gasteiger partial charge is 0.380 e. The summed E-state index contributed by atoms with van der Waals surface area (Å²) in [5, 5.41) is 2.70. The molecular weight excluding hydrogens is 371 g/mol. The molecule has 1 atom stereocenters. The Bertz CT molecular complexity index is 780. The topological polar surface area (TPSA) is 67.4 Å². The molecule has 1 unspecified atom stereocenters. The third-order valence-corrected chi connectivity index (χ3v) is 4.92. The minimum Gasteiger partial charge on any atom is -0.380 e. The smallest absolute Gasteiger partial charge is 0.252 e. The van der Waals surface area contributed by atoms with E-state index < -0.39 is 11.7 Å². The highest BCUT2D eigenvalue weighted by atomic mass is 35.5. The first kappa shape index (κ1) is 19.7. The molecule has 1 aliphatic heterocycles. The molecule has 1 N–H and O–H groups in total. The highest BCUT2D eigenvalue weighted by Gasteiger charge is 2.24. The molecule has 1 aliphatic rings. The van der Waals surface area contributed by atoms with Gasteiger partial charge in [0.05, 0.1) is 23.2 Å². The lowest BCUT2D eigenvalue weighted by molar-refractivity contribution is 0.0927. The lowest BCUT2D eigenvalue weighted by atomic mass is 10.1. The van der Waals surface area contributed by atoms with Gasteiger partial charge in [0.25, 0.3) is 5.91 Å². The van der Waals surface area contributed by atoms with Crippen LogP contribution >= 0.6 is 11.6 Å². The van der Waals surface area contributed by atoms with Crippen LogP contribution in [0, 0.1) is 12.7 Å². The molecule has 1 aromatic heterocycles. The number of hydrogen-bond donors (Lipinski definition) is 1. The number of carbonyl (C=O) groups is 1. The minimum absolute atomic E-state index is 0.108. The van der Waals surface area contributed by atoms with Crippen LogP contribution in [0.1, 0.15) is 34.2 Å². The zero-order valence-corrected chi connectivity index (χ0v) is 15.9. The Balaban J connectivity index is 1.77. The molecule has 8 heteroatoms. The number of aryl methyl sites for hydroxylation is 1. The summed E-state index contributed by atoms with van der Waals surface area (Å²) in [6.45, 7) is 5.10. The van der Waals surface area contributed by atoms with Crippen molar-refractivity contribution in [2.24, 2.45) is 0 Å². The molecule has 6 nitrogen and oxygen atoms in total. The highest BCUT2D eigenvalue weighted by Crippen LogP contribution is 2.22. The van der Waals surface area contributed by atoms with Crippen molar-refractivity contribution in [2.75, 3.05) is 32.8 Å². The van der Waals surface area contributed by atoms with E-state index in [1.54, 1.807) is 12.4 Å². The minimum atomic E-state index is -0.613. The molecule has 2 aromatic rings. The van der Waals surface area contributed by atoms with Crippen molar-refractivity contribution in [2.45, 2.75) is 19.4 Å². The van der Waals surface area contributed by atoms with Crippen LogP contribution in [0.3, 0.4) is 0 Å². The molecular formula is C19H22ClFN4O2. The lowest BCUT2D eigenvalue weighted by Gasteiger charge is -2.30. The van der Waals surface area contributed by atoms with Crippen molar-refractivity contribution in [3.8, 4) is 0 Å². The van der Waals surface area contributed by atoms with E-state index in [9.17, 15) is 9.18 Å². The van der Waals surface area contributed by atoms with Crippen LogP contribution in [0.4, 0.5) is 4.39 Å². The summed E-state index contributed by atoms with van der Waals surface area (Å²) >= 11 is 5.93. The number of nitrogens with zero attached hydrogens (tertiary/aromatic N) is 3. The van der Waals surface area contributed by atoms with Gasteiger partial charge in [0.15, 0.2) is 0 Å². The van der Waals surface area contributed by atoms with Crippen molar-refractivity contribution < 1.29 is 13.9 Å². The zero-order valence-electron chi connectivity index (χ0n) is 15.1. The van der Waals surface area contributed by atoms with Crippen molar-refractivity contribution in [1.82, 2.24) is 20.2 Å². The van der Waals surface area contributed by atoms with Crippen LogP contribution in [0.5, 0.6) is 0 Å². The Kier molecular flexibility index (Phi) is 6.71. The van der Waals surface area contributed by atoms with Gasteiger partial charge >= 0.3 is 0 Å². The quantitative estimate of drug-likeness (QED) is 0.847. The average molecular weight is 393 g/mol. The number of ether oxygens (including phenoxy) is 1. The number of amides is 1. The van der Waals surface area contributed by atoms with E-state index in [-0.39, 0.29) is 16.6 Å². The Morgan fingerprint density at radius 2 is 2.11 bits per heavy atom. The summed E-state index contributed by atoms with van der Waals surface area (Å²) in [5.41, 5.74) is 1.03. The van der Waals surface area contributed by atoms with E-state index in [1.165, 1.54) is 18.2 Å². The van der Waals surface area contributed by atoms with Crippen LogP contribution in [0.15, 0.2) is 30.6 Å². The van der Waals surface area contributed by atoms with E-state index in [0.717, 1.165) is 31.7 Å². The van der Waals surface area contributed by atoms with Gasteiger partial charge in [-0.2, -0.15) is 0 Å². The first-order chi connectivity index (χ1) is 13.1. The SMILES string of the molecule is Cc1ncc(C(CNC(=O)c2cccc(F)c2Cl)N2CCCOCC2)cn1. The molecule has 0 radical (unpaired) electrons. The van der Waals surface area contributed by atoms with Crippen LogP contribution in [-0.2, 0) is 4.74 Å². The average Bonchev–Trinajstić information content (AvgIpc) is 2.95. The molecule has 2 heterocycles. The molecule has 0 bridgehead atoms. The van der Waals surface area contributed by atoms with Crippen molar-refractivity contribution in [3.63, 3.8) is 0 Å². The fraction of sp³-hybridized carbons (Fsp3) is 0.421. The Hall–Kier alpha value is -2.09. The number of aromatic nitrogens is 2. The predicted octanol–water partition coefficient (Wildman–Crippen LogP) is 2.77. The second kappa shape index (κ2) is 9.21. The van der Waals surface area contributed by atoms with Gasteiger partial charge in [-0.3, -0.25) is 9.69 Å². The maximum Gasteiger partial charge on any atom is 0.252 e. The van der Waals surface area contributed by atoms with Crippen LogP contribution in [0.2, 0.25) is 5.02 Å². The molecule has 144 valence electrons. The van der Waals surface area contributed by atoms with Crippen LogP contribution in [-0.4, -0.2) is 53.6 Å². The summed E-state index contributed by atoms with van der Waals surface area (Å²) in [7, 11) is 0. The van der Waals surface area contributed by atoms with Gasteiger partial charge in [-0.05, 0) is 25.5 Å². The first-order valence-electron chi connectivity index (χ1n) is 8.89. The van der Waals surface area contributed by atoms with Gasteiger partial charge in [0, 0.05) is 44.2 Å². The van der Waals surface area contributed by atoms with Gasteiger partial charge in [-0.15, -0.1) is 0 Å². The number of nitrogens with one attached hydrogen (secondary N) is 1. The first-order valence-corrected chi connectivity index (χ1v) is 9.26. The highest BCUT2D eigenvalue weighted by molar-refractivity contribution is 6.34. The van der Waals surface area contributed by atoms with Gasteiger partial charge < -0.3 is 10.1 Å². The third kappa shape index (κ3) is 5.00. The Morgan fingerprint density at radius 3 is 2.89 bits per heavy atom. The standard InChI is InChI=1S/C19H22ClFN4O2/c1-13-22-10-14(11-23-13)17(25-6-3-8-27-9-7-25)12-24-19(26)15-4-2-5-16(21)18(15)20/h2,4-5,10-11,17H,3,6-9,12H2,1H3,(H,24,26). The van der Waals surface area contributed by atoms with Gasteiger partial charge in [-0.25, -0.2) is 14.4 Å². The fourth-order valence-electron chi connectivity index (χ4n) is 3.07. The number of benzene rings is 1. The number of halogens is 2. The van der Waals surface area contributed by atoms with Gasteiger partial charge in [-0.1, -0.05) is 17.7 Å². The zero-order chi connectivity index (χ0) is 19.2. The second-order valence-electron chi connectivity index (χ2n) is 6.39. The fourth-order valence-corrected chi connectivity index (χ4v) is 3.29. The second-order valence-corrected chi connectivity index (χ2v) is 6.77. The van der Waals surface area contributed by atoms with E-state index >= 15 is 0 Å². The summed E-state index contributed by atoms with van der Waals surface area (Å²) in [5.74, 6) is -0.339. The molecule has 1 saturated heterocycles. The summed E-state index contributed by atoms with van der Waals surface area (Å²) in [6, 6.07) is 4.09. The molecule has 27 heavy (non-hydrogen) atoms. The normalized spacial score (nSPS) is 16.6. The molecule has 0 aliphatic carbocycles. The predicted molar refractivity (Wildman–Crippen MR) is 100 cm³/mol. The van der Waals surface area contributed by atoms with E-state index in [2.05, 4.69) is 20.2 Å². The maximum absolute atomic E-state index is 13.6. The number of hydrogen-bond acceptors (Lipinski definition) is 5. The maximum atomic E-state index is 13.6. The molecule has 1 fully saturated rings. The van der Waals surface area contributed by atoms with E-state index in [4.69, 9.17) is 16.3 Å². The van der Waals surface area contributed by atoms with E-state index in [1.807, 2.05) is 6.92 Å². The lowest BCUT2D eigenvalue weighted by Crippen LogP contribution is -2.39. The third-order valence-electron chi connectivity index (χ3n) is 4.54. The summed E-state index contributed by atoms with van der Waals surface area (Å²) in [6.07, 6.45) is 4.47. The molecule has 3 rings (SSSR count). The van der Waals surface area contributed by atoms with Gasteiger partial charge in [0.2, 0.25) is 0 Å². The van der Waals surface area contributed by atoms with Gasteiger partial charge in [0.1, 0.15) is 11.6 Å². The van der Waals surface area contributed by atoms with E-state index in [0.29, 0.717) is 19.0 Å². The Labute approximate surface area is 162 Å². The molecule has 0 saturated carbocycles. The summed E-state index contributed by atoms with van der Waals surface area (Å²) in [4.78, 5) is 23.3.